The smallest absolute Gasteiger partial charge is 0.104 e. The number of rotatable bonds is 1. The molecule has 0 saturated carbocycles. The topological polar surface area (TPSA) is 6.48 Å². The lowest BCUT2D eigenvalue weighted by Crippen LogP contribution is -2.37. The number of nitrogens with zero attached hydrogens (tertiary/aromatic N) is 2. The van der Waals surface area contributed by atoms with Crippen molar-refractivity contribution >= 4 is 0 Å². The minimum Gasteiger partial charge on any atom is -0.358 e. The van der Waals surface area contributed by atoms with Crippen LogP contribution < -0.4 is 0 Å². The van der Waals surface area contributed by atoms with E-state index in [0.29, 0.717) is 0 Å². The lowest BCUT2D eigenvalue weighted by molar-refractivity contribution is 0.211. The zero-order chi connectivity index (χ0) is 9.10. The van der Waals surface area contributed by atoms with E-state index in [0.717, 1.165) is 6.54 Å². The van der Waals surface area contributed by atoms with Gasteiger partial charge in [-0.25, -0.2) is 0 Å². The standard InChI is InChI=1S/C11H18N2/c1-12-8-6-3-7-11(12)13-9-4-2-5-10-13/h3,6-7H,2,4-5,8-10H2,1H3. The molecule has 0 bridgehead atoms. The first kappa shape index (κ1) is 8.67. The summed E-state index contributed by atoms with van der Waals surface area (Å²) >= 11 is 0. The van der Waals surface area contributed by atoms with Crippen LogP contribution in [0.3, 0.4) is 0 Å². The van der Waals surface area contributed by atoms with Crippen molar-refractivity contribution in [3.63, 3.8) is 0 Å². The molecular weight excluding hydrogens is 160 g/mol. The van der Waals surface area contributed by atoms with E-state index in [-0.39, 0.29) is 0 Å². The van der Waals surface area contributed by atoms with Crippen LogP contribution in [-0.2, 0) is 0 Å². The third kappa shape index (κ3) is 1.87. The van der Waals surface area contributed by atoms with Crippen LogP contribution in [0.5, 0.6) is 0 Å². The van der Waals surface area contributed by atoms with Gasteiger partial charge in [-0.05, 0) is 25.3 Å². The molecule has 0 aromatic rings. The number of likely N-dealkylation sites (N-methyl/N-ethyl adjacent to an activating group) is 1. The highest BCUT2D eigenvalue weighted by Crippen LogP contribution is 2.18. The SMILES string of the molecule is CN1CC=CC=C1N1CCCCC1. The van der Waals surface area contributed by atoms with Crippen molar-refractivity contribution in [3.05, 3.63) is 24.0 Å². The molecule has 0 amide bonds. The van der Waals surface area contributed by atoms with Crippen LogP contribution in [0.15, 0.2) is 24.0 Å². The maximum Gasteiger partial charge on any atom is 0.104 e. The van der Waals surface area contributed by atoms with Crippen molar-refractivity contribution in [3.8, 4) is 0 Å². The summed E-state index contributed by atoms with van der Waals surface area (Å²) < 4.78 is 0. The predicted molar refractivity (Wildman–Crippen MR) is 55.3 cm³/mol. The quantitative estimate of drug-likeness (QED) is 0.604. The van der Waals surface area contributed by atoms with E-state index in [9.17, 15) is 0 Å². The Bertz CT molecular complexity index is 224. The van der Waals surface area contributed by atoms with Crippen molar-refractivity contribution in [2.75, 3.05) is 26.7 Å². The van der Waals surface area contributed by atoms with E-state index < -0.39 is 0 Å². The second-order valence-corrected chi connectivity index (χ2v) is 3.88. The van der Waals surface area contributed by atoms with Gasteiger partial charge in [0, 0.05) is 26.7 Å². The minimum atomic E-state index is 1.06. The second kappa shape index (κ2) is 3.86. The van der Waals surface area contributed by atoms with Crippen molar-refractivity contribution in [2.24, 2.45) is 0 Å². The van der Waals surface area contributed by atoms with Gasteiger partial charge in [-0.1, -0.05) is 12.2 Å². The molecule has 2 heterocycles. The van der Waals surface area contributed by atoms with Gasteiger partial charge >= 0.3 is 0 Å². The fraction of sp³-hybridized carbons (Fsp3) is 0.636. The summed E-state index contributed by atoms with van der Waals surface area (Å²) in [4.78, 5) is 4.83. The predicted octanol–water partition coefficient (Wildman–Crippen LogP) is 1.82. The van der Waals surface area contributed by atoms with Crippen LogP contribution in [0.4, 0.5) is 0 Å². The molecule has 0 aromatic carbocycles. The third-order valence-corrected chi connectivity index (χ3v) is 2.83. The largest absolute Gasteiger partial charge is 0.358 e. The number of likely N-dealkylation sites (tertiary alicyclic amines) is 1. The summed E-state index contributed by atoms with van der Waals surface area (Å²) in [5.74, 6) is 1.40. The molecular formula is C11H18N2. The Balaban J connectivity index is 2.04. The van der Waals surface area contributed by atoms with Crippen molar-refractivity contribution in [1.82, 2.24) is 9.80 Å². The molecule has 0 unspecified atom stereocenters. The Hall–Kier alpha value is -0.920. The normalized spacial score (nSPS) is 23.3. The Morgan fingerprint density at radius 3 is 2.62 bits per heavy atom. The van der Waals surface area contributed by atoms with Crippen LogP contribution in [0, 0.1) is 0 Å². The number of allylic oxidation sites excluding steroid dienone is 2. The summed E-state index contributed by atoms with van der Waals surface area (Å²) in [6.07, 6.45) is 10.7. The Morgan fingerprint density at radius 1 is 1.15 bits per heavy atom. The summed E-state index contributed by atoms with van der Waals surface area (Å²) in [6.45, 7) is 3.54. The Kier molecular flexibility index (Phi) is 2.57. The van der Waals surface area contributed by atoms with Gasteiger partial charge in [-0.2, -0.15) is 0 Å². The van der Waals surface area contributed by atoms with Crippen molar-refractivity contribution in [1.29, 1.82) is 0 Å². The highest BCUT2D eigenvalue weighted by molar-refractivity contribution is 5.16. The van der Waals surface area contributed by atoms with Gasteiger partial charge in [0.05, 0.1) is 0 Å². The Labute approximate surface area is 80.5 Å². The molecule has 1 fully saturated rings. The first-order chi connectivity index (χ1) is 6.38. The van der Waals surface area contributed by atoms with E-state index in [4.69, 9.17) is 0 Å². The van der Waals surface area contributed by atoms with Gasteiger partial charge in [0.2, 0.25) is 0 Å². The van der Waals surface area contributed by atoms with E-state index >= 15 is 0 Å². The third-order valence-electron chi connectivity index (χ3n) is 2.83. The monoisotopic (exact) mass is 178 g/mol. The van der Waals surface area contributed by atoms with Crippen LogP contribution >= 0.6 is 0 Å². The van der Waals surface area contributed by atoms with E-state index in [2.05, 4.69) is 35.1 Å². The molecule has 2 nitrogen and oxygen atoms in total. The van der Waals surface area contributed by atoms with E-state index in [1.165, 1.54) is 38.2 Å². The van der Waals surface area contributed by atoms with Gasteiger partial charge in [-0.15, -0.1) is 0 Å². The van der Waals surface area contributed by atoms with E-state index in [1.54, 1.807) is 0 Å². The maximum atomic E-state index is 2.51. The number of hydrogen-bond donors (Lipinski definition) is 0. The van der Waals surface area contributed by atoms with Gasteiger partial charge in [-0.3, -0.25) is 0 Å². The summed E-state index contributed by atoms with van der Waals surface area (Å²) in [6, 6.07) is 0. The lowest BCUT2D eigenvalue weighted by atomic mass is 10.1. The number of piperidine rings is 1. The first-order valence-electron chi connectivity index (χ1n) is 5.21. The molecule has 2 heteroatoms. The fourth-order valence-corrected chi connectivity index (χ4v) is 2.06. The minimum absolute atomic E-state index is 1.06. The summed E-state index contributed by atoms with van der Waals surface area (Å²) in [5.41, 5.74) is 0. The molecule has 72 valence electrons. The molecule has 13 heavy (non-hydrogen) atoms. The summed E-state index contributed by atoms with van der Waals surface area (Å²) in [7, 11) is 2.17. The fourth-order valence-electron chi connectivity index (χ4n) is 2.06. The molecule has 1 saturated heterocycles. The van der Waals surface area contributed by atoms with Gasteiger partial charge < -0.3 is 9.80 Å². The molecule has 0 aromatic heterocycles. The highest BCUT2D eigenvalue weighted by atomic mass is 15.3. The van der Waals surface area contributed by atoms with Gasteiger partial charge in [0.15, 0.2) is 0 Å². The van der Waals surface area contributed by atoms with Crippen molar-refractivity contribution < 1.29 is 0 Å². The lowest BCUT2D eigenvalue weighted by Gasteiger charge is -2.36. The molecule has 2 aliphatic heterocycles. The molecule has 2 rings (SSSR count). The van der Waals surface area contributed by atoms with Crippen LogP contribution in [0.1, 0.15) is 19.3 Å². The van der Waals surface area contributed by atoms with Gasteiger partial charge in [0.1, 0.15) is 5.82 Å². The average Bonchev–Trinajstić information content (AvgIpc) is 2.20. The second-order valence-electron chi connectivity index (χ2n) is 3.88. The molecule has 2 aliphatic rings. The average molecular weight is 178 g/mol. The number of hydrogen-bond acceptors (Lipinski definition) is 2. The van der Waals surface area contributed by atoms with Crippen molar-refractivity contribution in [2.45, 2.75) is 19.3 Å². The molecule has 0 spiro atoms. The van der Waals surface area contributed by atoms with Crippen LogP contribution in [0.2, 0.25) is 0 Å². The Morgan fingerprint density at radius 2 is 1.92 bits per heavy atom. The zero-order valence-electron chi connectivity index (χ0n) is 8.37. The molecule has 0 atom stereocenters. The maximum absolute atomic E-state index is 2.51. The first-order valence-corrected chi connectivity index (χ1v) is 5.21. The van der Waals surface area contributed by atoms with E-state index in [1.807, 2.05) is 0 Å². The highest BCUT2D eigenvalue weighted by Gasteiger charge is 2.16. The van der Waals surface area contributed by atoms with Crippen LogP contribution in [-0.4, -0.2) is 36.5 Å². The van der Waals surface area contributed by atoms with Gasteiger partial charge in [0.25, 0.3) is 0 Å². The van der Waals surface area contributed by atoms with Crippen LogP contribution in [0.25, 0.3) is 0 Å². The zero-order valence-corrected chi connectivity index (χ0v) is 8.37. The molecule has 0 radical (unpaired) electrons. The molecule has 0 aliphatic carbocycles. The summed E-state index contributed by atoms with van der Waals surface area (Å²) in [5, 5.41) is 0. The molecule has 0 N–H and O–H groups in total.